The van der Waals surface area contributed by atoms with Crippen LogP contribution in [-0.2, 0) is 16.1 Å². The van der Waals surface area contributed by atoms with E-state index in [9.17, 15) is 9.59 Å². The second-order valence-electron chi connectivity index (χ2n) is 9.52. The minimum Gasteiger partial charge on any atom is -0.359 e. The second-order valence-corrected chi connectivity index (χ2v) is 11.1. The lowest BCUT2D eigenvalue weighted by molar-refractivity contribution is -0.128. The summed E-state index contributed by atoms with van der Waals surface area (Å²) in [6.07, 6.45) is 0.0205. The summed E-state index contributed by atoms with van der Waals surface area (Å²) >= 11 is 7.30. The van der Waals surface area contributed by atoms with Crippen molar-refractivity contribution in [1.29, 1.82) is 0 Å². The summed E-state index contributed by atoms with van der Waals surface area (Å²) in [6, 6.07) is 22.6. The molecule has 0 bridgehead atoms. The Bertz CT molecular complexity index is 1540. The number of carbonyl (C=O) groups is 2. The van der Waals surface area contributed by atoms with Crippen LogP contribution >= 0.6 is 23.4 Å². The van der Waals surface area contributed by atoms with Gasteiger partial charge >= 0.3 is 0 Å². The van der Waals surface area contributed by atoms with Crippen LogP contribution in [0.5, 0.6) is 0 Å². The highest BCUT2D eigenvalue weighted by Crippen LogP contribution is 2.34. The van der Waals surface area contributed by atoms with E-state index < -0.39 is 5.25 Å². The number of benzene rings is 3. The number of aromatic nitrogens is 1. The number of amidine groups is 1. The maximum absolute atomic E-state index is 13.6. The first-order valence-electron chi connectivity index (χ1n) is 12.5. The zero-order chi connectivity index (χ0) is 27.5. The van der Waals surface area contributed by atoms with Crippen LogP contribution in [-0.4, -0.2) is 32.3 Å². The lowest BCUT2D eigenvalue weighted by atomic mass is 10.1. The average Bonchev–Trinajstić information content (AvgIpc) is 3.46. The molecule has 1 atom stereocenters. The Morgan fingerprint density at radius 1 is 1.05 bits per heavy atom. The predicted octanol–water partition coefficient (Wildman–Crippen LogP) is 7.08. The first-order valence-corrected chi connectivity index (χ1v) is 13.7. The van der Waals surface area contributed by atoms with Gasteiger partial charge < -0.3 is 9.84 Å². The van der Waals surface area contributed by atoms with E-state index in [4.69, 9.17) is 21.1 Å². The molecule has 0 saturated carbocycles. The number of carbonyl (C=O) groups excluding carboxylic acids is 2. The molecule has 39 heavy (non-hydrogen) atoms. The summed E-state index contributed by atoms with van der Waals surface area (Å²) in [5.41, 5.74) is 6.08. The molecule has 9 heteroatoms. The van der Waals surface area contributed by atoms with Crippen molar-refractivity contribution >= 4 is 51.7 Å². The van der Waals surface area contributed by atoms with Crippen LogP contribution in [0, 0.1) is 20.8 Å². The number of amides is 2. The van der Waals surface area contributed by atoms with Gasteiger partial charge in [0.05, 0.1) is 12.2 Å². The standard InChI is InChI=1S/C30H27ClN4O3S/c1-18-12-19(2)14-23(13-18)32-30-35(17-24-15-26(34-38-24)21-8-10-22(31)11-9-21)29(37)27(39-30)16-28(36)33-25-7-5-4-6-20(25)3/h4-15,27H,16-17H2,1-3H3,(H,33,36). The molecule has 5 rings (SSSR count). The third kappa shape index (κ3) is 6.41. The van der Waals surface area contributed by atoms with Crippen molar-refractivity contribution in [2.24, 2.45) is 4.99 Å². The van der Waals surface area contributed by atoms with Crippen molar-refractivity contribution in [3.63, 3.8) is 0 Å². The Kier molecular flexibility index (Phi) is 7.86. The number of hydrogen-bond acceptors (Lipinski definition) is 6. The highest BCUT2D eigenvalue weighted by Gasteiger charge is 2.40. The maximum atomic E-state index is 13.6. The largest absolute Gasteiger partial charge is 0.359 e. The highest BCUT2D eigenvalue weighted by molar-refractivity contribution is 8.15. The van der Waals surface area contributed by atoms with Crippen molar-refractivity contribution in [1.82, 2.24) is 10.1 Å². The fraction of sp³-hybridized carbons (Fsp3) is 0.200. The van der Waals surface area contributed by atoms with Crippen molar-refractivity contribution < 1.29 is 14.1 Å². The first kappa shape index (κ1) is 26.7. The van der Waals surface area contributed by atoms with E-state index in [0.29, 0.717) is 21.6 Å². The van der Waals surface area contributed by atoms with E-state index in [1.54, 1.807) is 23.1 Å². The highest BCUT2D eigenvalue weighted by atomic mass is 35.5. The third-order valence-electron chi connectivity index (χ3n) is 6.25. The normalized spacial score (nSPS) is 16.2. The lowest BCUT2D eigenvalue weighted by Crippen LogP contribution is -2.33. The number of halogens is 1. The summed E-state index contributed by atoms with van der Waals surface area (Å²) in [4.78, 5) is 32.9. The fourth-order valence-corrected chi connectivity index (χ4v) is 5.66. The first-order chi connectivity index (χ1) is 18.7. The Morgan fingerprint density at radius 2 is 1.77 bits per heavy atom. The molecule has 0 radical (unpaired) electrons. The molecule has 2 heterocycles. The summed E-state index contributed by atoms with van der Waals surface area (Å²) in [6.45, 7) is 6.09. The molecule has 3 aromatic carbocycles. The van der Waals surface area contributed by atoms with E-state index in [2.05, 4.69) is 16.5 Å². The van der Waals surface area contributed by atoms with Crippen LogP contribution in [0.2, 0.25) is 5.02 Å². The molecule has 4 aromatic rings. The van der Waals surface area contributed by atoms with Gasteiger partial charge in [-0.05, 0) is 67.8 Å². The molecule has 198 valence electrons. The van der Waals surface area contributed by atoms with Gasteiger partial charge in [0, 0.05) is 28.8 Å². The van der Waals surface area contributed by atoms with Crippen LogP contribution in [0.4, 0.5) is 11.4 Å². The van der Waals surface area contributed by atoms with Gasteiger partial charge in [-0.15, -0.1) is 0 Å². The van der Waals surface area contributed by atoms with Gasteiger partial charge in [-0.3, -0.25) is 14.5 Å². The molecule has 1 fully saturated rings. The number of aliphatic imine (C=N–C) groups is 1. The molecule has 7 nitrogen and oxygen atoms in total. The van der Waals surface area contributed by atoms with E-state index in [1.807, 2.05) is 69.3 Å². The van der Waals surface area contributed by atoms with Gasteiger partial charge in [0.25, 0.3) is 0 Å². The SMILES string of the molecule is Cc1cc(C)cc(N=C2SC(CC(=O)Nc3ccccc3C)C(=O)N2Cc2cc(-c3ccc(Cl)cc3)no2)c1. The summed E-state index contributed by atoms with van der Waals surface area (Å²) < 4.78 is 5.58. The number of hydrogen-bond donors (Lipinski definition) is 1. The van der Waals surface area contributed by atoms with Gasteiger partial charge in [0.1, 0.15) is 10.9 Å². The van der Waals surface area contributed by atoms with Gasteiger partial charge in [-0.2, -0.15) is 0 Å². The van der Waals surface area contributed by atoms with Gasteiger partial charge in [-0.1, -0.05) is 64.9 Å². The third-order valence-corrected chi connectivity index (χ3v) is 7.68. The smallest absolute Gasteiger partial charge is 0.243 e. The zero-order valence-electron chi connectivity index (χ0n) is 21.8. The van der Waals surface area contributed by atoms with E-state index >= 15 is 0 Å². The molecular formula is C30H27ClN4O3S. The number of aryl methyl sites for hydroxylation is 3. The molecule has 0 aliphatic carbocycles. The zero-order valence-corrected chi connectivity index (χ0v) is 23.3. The van der Waals surface area contributed by atoms with Gasteiger partial charge in [-0.25, -0.2) is 4.99 Å². The molecule has 1 aliphatic heterocycles. The topological polar surface area (TPSA) is 87.8 Å². The minimum absolute atomic E-state index is 0.0205. The molecule has 0 spiro atoms. The molecule has 1 saturated heterocycles. The fourth-order valence-electron chi connectivity index (χ4n) is 4.38. The summed E-state index contributed by atoms with van der Waals surface area (Å²) in [5.74, 6) is 0.0759. The minimum atomic E-state index is -0.614. The molecule has 2 amide bonds. The van der Waals surface area contributed by atoms with Crippen LogP contribution in [0.3, 0.4) is 0 Å². The predicted molar refractivity (Wildman–Crippen MR) is 156 cm³/mol. The molecule has 1 aromatic heterocycles. The molecule has 1 aliphatic rings. The van der Waals surface area contributed by atoms with Crippen LogP contribution in [0.1, 0.15) is 28.9 Å². The quantitative estimate of drug-likeness (QED) is 0.262. The van der Waals surface area contributed by atoms with E-state index in [-0.39, 0.29) is 24.8 Å². The van der Waals surface area contributed by atoms with Crippen LogP contribution < -0.4 is 5.32 Å². The molecular weight excluding hydrogens is 532 g/mol. The number of anilines is 1. The second kappa shape index (κ2) is 11.5. The number of nitrogens with zero attached hydrogens (tertiary/aromatic N) is 3. The number of thioether (sulfide) groups is 1. The Hall–Kier alpha value is -3.88. The van der Waals surface area contributed by atoms with Crippen molar-refractivity contribution in [3.05, 3.63) is 100 Å². The monoisotopic (exact) mass is 558 g/mol. The Labute approximate surface area is 236 Å². The van der Waals surface area contributed by atoms with Gasteiger partial charge in [0.2, 0.25) is 11.8 Å². The van der Waals surface area contributed by atoms with Gasteiger partial charge in [0.15, 0.2) is 10.9 Å². The van der Waals surface area contributed by atoms with Crippen LogP contribution in [0.15, 0.2) is 82.3 Å². The van der Waals surface area contributed by atoms with E-state index in [0.717, 1.165) is 33.6 Å². The summed E-state index contributed by atoms with van der Waals surface area (Å²) in [7, 11) is 0. The van der Waals surface area contributed by atoms with Crippen LogP contribution in [0.25, 0.3) is 11.3 Å². The number of nitrogens with one attached hydrogen (secondary N) is 1. The van der Waals surface area contributed by atoms with E-state index in [1.165, 1.54) is 11.8 Å². The van der Waals surface area contributed by atoms with Crippen molar-refractivity contribution in [2.75, 3.05) is 5.32 Å². The Morgan fingerprint density at radius 3 is 2.49 bits per heavy atom. The average molecular weight is 559 g/mol. The lowest BCUT2D eigenvalue weighted by Gasteiger charge is -2.15. The molecule has 1 unspecified atom stereocenters. The van der Waals surface area contributed by atoms with Crippen molar-refractivity contribution in [2.45, 2.75) is 39.0 Å². The van der Waals surface area contributed by atoms with Crippen molar-refractivity contribution in [3.8, 4) is 11.3 Å². The molecule has 1 N–H and O–H groups in total. The number of rotatable bonds is 7. The summed E-state index contributed by atoms with van der Waals surface area (Å²) in [5, 5.41) is 7.63. The maximum Gasteiger partial charge on any atom is 0.243 e. The Balaban J connectivity index is 1.39. The number of para-hydroxylation sites is 1.